The second kappa shape index (κ2) is 6.59. The lowest BCUT2D eigenvalue weighted by Crippen LogP contribution is -2.37. The Kier molecular flexibility index (Phi) is 4.21. The lowest BCUT2D eigenvalue weighted by Gasteiger charge is -2.13. The van der Waals surface area contributed by atoms with Crippen molar-refractivity contribution in [3.8, 4) is 23.2 Å². The predicted octanol–water partition coefficient (Wildman–Crippen LogP) is 1.53. The number of likely N-dealkylation sites (tertiary alicyclic amines) is 1. The van der Waals surface area contributed by atoms with Crippen LogP contribution in [-0.4, -0.2) is 50.1 Å². The van der Waals surface area contributed by atoms with Gasteiger partial charge in [0.2, 0.25) is 5.60 Å². The van der Waals surface area contributed by atoms with Gasteiger partial charge in [0.25, 0.3) is 5.91 Å². The first-order chi connectivity index (χ1) is 13.4. The molecule has 0 saturated carbocycles. The number of aliphatic hydroxyl groups is 1. The molecule has 1 amide bonds. The number of amides is 1. The fourth-order valence-corrected chi connectivity index (χ4v) is 3.18. The number of aryl methyl sites for hydroxylation is 1. The third kappa shape index (κ3) is 3.04. The van der Waals surface area contributed by atoms with E-state index in [9.17, 15) is 9.90 Å². The van der Waals surface area contributed by atoms with Crippen molar-refractivity contribution in [3.63, 3.8) is 0 Å². The number of pyridine rings is 1. The predicted molar refractivity (Wildman–Crippen MR) is 106 cm³/mol. The second-order valence-electron chi connectivity index (χ2n) is 6.95. The number of hydrogen-bond acceptors (Lipinski definition) is 6. The van der Waals surface area contributed by atoms with E-state index in [1.807, 2.05) is 31.2 Å². The van der Waals surface area contributed by atoms with Gasteiger partial charge in [-0.15, -0.1) is 0 Å². The molecule has 1 fully saturated rings. The Hall–Kier alpha value is -3.50. The summed E-state index contributed by atoms with van der Waals surface area (Å²) in [4.78, 5) is 26.7. The topological polar surface area (TPSA) is 105 Å². The number of nitrogen functional groups attached to an aromatic ring is 1. The van der Waals surface area contributed by atoms with E-state index in [4.69, 9.17) is 5.73 Å². The molecule has 0 spiro atoms. The van der Waals surface area contributed by atoms with Gasteiger partial charge in [-0.25, -0.2) is 15.0 Å². The van der Waals surface area contributed by atoms with E-state index in [1.165, 1.54) is 4.90 Å². The SMILES string of the molecule is Cc1cnc(N)c2nc(-c3cccc(C#C[C@]4(O)CCN(C)C4=O)c3)ncc12. The van der Waals surface area contributed by atoms with Crippen LogP contribution in [0.5, 0.6) is 0 Å². The van der Waals surface area contributed by atoms with E-state index in [-0.39, 0.29) is 5.91 Å². The van der Waals surface area contributed by atoms with Crippen molar-refractivity contribution in [2.45, 2.75) is 18.9 Å². The van der Waals surface area contributed by atoms with Gasteiger partial charge in [0.15, 0.2) is 5.82 Å². The molecule has 28 heavy (non-hydrogen) atoms. The van der Waals surface area contributed by atoms with Crippen LogP contribution in [0, 0.1) is 18.8 Å². The summed E-state index contributed by atoms with van der Waals surface area (Å²) in [5.41, 5.74) is 7.33. The number of fused-ring (bicyclic) bond motifs is 1. The van der Waals surface area contributed by atoms with Gasteiger partial charge < -0.3 is 15.7 Å². The highest BCUT2D eigenvalue weighted by atomic mass is 16.3. The van der Waals surface area contributed by atoms with Gasteiger partial charge in [-0.05, 0) is 24.6 Å². The number of carbonyl (C=O) groups excluding carboxylic acids is 1. The van der Waals surface area contributed by atoms with Crippen molar-refractivity contribution in [1.29, 1.82) is 0 Å². The normalized spacial score (nSPS) is 19.0. The molecule has 1 aliphatic heterocycles. The molecular formula is C21H19N5O2. The highest BCUT2D eigenvalue weighted by Crippen LogP contribution is 2.24. The maximum Gasteiger partial charge on any atom is 0.267 e. The van der Waals surface area contributed by atoms with Crippen LogP contribution in [0.4, 0.5) is 5.82 Å². The van der Waals surface area contributed by atoms with Crippen LogP contribution in [0.3, 0.4) is 0 Å². The molecule has 3 aromatic rings. The molecule has 0 radical (unpaired) electrons. The van der Waals surface area contributed by atoms with Gasteiger partial charge in [0, 0.05) is 48.9 Å². The van der Waals surface area contributed by atoms with Gasteiger partial charge in [-0.3, -0.25) is 4.79 Å². The lowest BCUT2D eigenvalue weighted by atomic mass is 10.0. The third-order valence-electron chi connectivity index (χ3n) is 4.90. The summed E-state index contributed by atoms with van der Waals surface area (Å²) in [6.45, 7) is 2.42. The highest BCUT2D eigenvalue weighted by molar-refractivity contribution is 5.91. The Morgan fingerprint density at radius 3 is 2.86 bits per heavy atom. The minimum Gasteiger partial charge on any atom is -0.382 e. The molecule has 140 valence electrons. The molecule has 7 heteroatoms. The number of likely N-dealkylation sites (N-methyl/N-ethyl adjacent to an activating group) is 1. The Labute approximate surface area is 162 Å². The minimum atomic E-state index is -1.62. The number of rotatable bonds is 1. The van der Waals surface area contributed by atoms with Gasteiger partial charge in [0.1, 0.15) is 11.3 Å². The van der Waals surface area contributed by atoms with Crippen molar-refractivity contribution in [3.05, 3.63) is 47.8 Å². The Bertz CT molecular complexity index is 1160. The highest BCUT2D eigenvalue weighted by Gasteiger charge is 2.42. The fraction of sp³-hybridized carbons (Fsp3) is 0.238. The number of benzene rings is 1. The Balaban J connectivity index is 1.71. The summed E-state index contributed by atoms with van der Waals surface area (Å²) in [7, 11) is 1.65. The third-order valence-corrected chi connectivity index (χ3v) is 4.90. The first-order valence-corrected chi connectivity index (χ1v) is 8.87. The number of nitrogens with zero attached hydrogens (tertiary/aromatic N) is 4. The number of hydrogen-bond donors (Lipinski definition) is 2. The zero-order valence-electron chi connectivity index (χ0n) is 15.6. The Morgan fingerprint density at radius 1 is 1.29 bits per heavy atom. The quantitative estimate of drug-likeness (QED) is 0.627. The maximum absolute atomic E-state index is 12.1. The number of aromatic nitrogens is 3. The number of anilines is 1. The lowest BCUT2D eigenvalue weighted by molar-refractivity contribution is -0.137. The standard InChI is InChI=1S/C21H19N5O2/c1-13-11-23-18(22)17-16(13)12-24-19(25-17)15-5-3-4-14(10-15)6-7-21(28)8-9-26(2)20(21)27/h3-5,10-12,28H,8-9H2,1-2H3,(H2,22,23)/t21-/m0/s1. The minimum absolute atomic E-state index is 0.300. The van der Waals surface area contributed by atoms with Crippen molar-refractivity contribution in [1.82, 2.24) is 19.9 Å². The summed E-state index contributed by atoms with van der Waals surface area (Å²) >= 11 is 0. The van der Waals surface area contributed by atoms with E-state index in [1.54, 1.807) is 19.4 Å². The molecular weight excluding hydrogens is 354 g/mol. The first-order valence-electron chi connectivity index (χ1n) is 8.87. The maximum atomic E-state index is 12.1. The summed E-state index contributed by atoms with van der Waals surface area (Å²) in [5.74, 6) is 6.12. The molecule has 7 nitrogen and oxygen atoms in total. The zero-order chi connectivity index (χ0) is 19.9. The summed E-state index contributed by atoms with van der Waals surface area (Å²) in [6, 6.07) is 7.33. The van der Waals surface area contributed by atoms with Crippen LogP contribution in [-0.2, 0) is 4.79 Å². The molecule has 0 aliphatic carbocycles. The monoisotopic (exact) mass is 373 g/mol. The second-order valence-corrected chi connectivity index (χ2v) is 6.95. The molecule has 0 unspecified atom stereocenters. The summed E-state index contributed by atoms with van der Waals surface area (Å²) < 4.78 is 0. The number of carbonyl (C=O) groups is 1. The molecule has 0 bridgehead atoms. The van der Waals surface area contributed by atoms with Gasteiger partial charge in [-0.2, -0.15) is 0 Å². The molecule has 3 heterocycles. The van der Waals surface area contributed by atoms with E-state index < -0.39 is 5.60 Å². The molecule has 4 rings (SSSR count). The molecule has 1 aliphatic rings. The average molecular weight is 373 g/mol. The molecule has 1 atom stereocenters. The van der Waals surface area contributed by atoms with Gasteiger partial charge >= 0.3 is 0 Å². The van der Waals surface area contributed by atoms with E-state index >= 15 is 0 Å². The summed E-state index contributed by atoms with van der Waals surface area (Å²) in [5, 5.41) is 11.3. The van der Waals surface area contributed by atoms with Crippen LogP contribution >= 0.6 is 0 Å². The average Bonchev–Trinajstić information content (AvgIpc) is 2.97. The largest absolute Gasteiger partial charge is 0.382 e. The zero-order valence-corrected chi connectivity index (χ0v) is 15.6. The van der Waals surface area contributed by atoms with Crippen LogP contribution in [0.15, 0.2) is 36.7 Å². The van der Waals surface area contributed by atoms with Crippen molar-refractivity contribution in [2.24, 2.45) is 0 Å². The molecule has 1 aromatic carbocycles. The van der Waals surface area contributed by atoms with E-state index in [2.05, 4.69) is 26.8 Å². The van der Waals surface area contributed by atoms with Crippen LogP contribution in [0.25, 0.3) is 22.3 Å². The Morgan fingerprint density at radius 2 is 2.11 bits per heavy atom. The molecule has 2 aromatic heterocycles. The van der Waals surface area contributed by atoms with Crippen LogP contribution in [0.2, 0.25) is 0 Å². The van der Waals surface area contributed by atoms with Gasteiger partial charge in [0.05, 0.1) is 0 Å². The smallest absolute Gasteiger partial charge is 0.267 e. The van der Waals surface area contributed by atoms with Crippen molar-refractivity contribution < 1.29 is 9.90 Å². The van der Waals surface area contributed by atoms with Crippen LogP contribution in [0.1, 0.15) is 17.5 Å². The van der Waals surface area contributed by atoms with E-state index in [0.29, 0.717) is 35.7 Å². The summed E-state index contributed by atoms with van der Waals surface area (Å²) in [6.07, 6.45) is 3.73. The number of nitrogens with two attached hydrogens (primary N) is 1. The van der Waals surface area contributed by atoms with Gasteiger partial charge in [-0.1, -0.05) is 24.0 Å². The van der Waals surface area contributed by atoms with E-state index in [0.717, 1.165) is 16.5 Å². The van der Waals surface area contributed by atoms with Crippen molar-refractivity contribution in [2.75, 3.05) is 19.3 Å². The van der Waals surface area contributed by atoms with Crippen molar-refractivity contribution >= 4 is 22.6 Å². The molecule has 1 saturated heterocycles. The molecule has 3 N–H and O–H groups in total. The fourth-order valence-electron chi connectivity index (χ4n) is 3.18. The van der Waals surface area contributed by atoms with Crippen LogP contribution < -0.4 is 5.73 Å². The first kappa shape index (κ1) is 17.9.